The van der Waals surface area contributed by atoms with Gasteiger partial charge in [0.05, 0.1) is 26.4 Å². The molecule has 7 nitrogen and oxygen atoms in total. The zero-order valence-corrected chi connectivity index (χ0v) is 25.8. The average molecular weight is 577 g/mol. The molecule has 1 aromatic rings. The Labute approximate surface area is 251 Å². The van der Waals surface area contributed by atoms with Gasteiger partial charge in [0.25, 0.3) is 0 Å². The molecule has 1 aromatic carbocycles. The number of nitrogens with zero attached hydrogens (tertiary/aromatic N) is 1. The van der Waals surface area contributed by atoms with E-state index in [0.29, 0.717) is 45.6 Å². The van der Waals surface area contributed by atoms with Gasteiger partial charge in [-0.2, -0.15) is 5.06 Å². The maximum Gasteiger partial charge on any atom is 0.240 e. The van der Waals surface area contributed by atoms with Crippen molar-refractivity contribution in [1.82, 2.24) is 10.4 Å². The molecule has 3 N–H and O–H groups in total. The first kappa shape index (κ1) is 32.0. The number of fused-ring (bicyclic) bond motifs is 2. The molecular formula is C35H48N2O5. The summed E-state index contributed by atoms with van der Waals surface area (Å²) < 4.78 is 5.83. The van der Waals surface area contributed by atoms with E-state index in [0.717, 1.165) is 17.5 Å². The van der Waals surface area contributed by atoms with Crippen molar-refractivity contribution in [2.45, 2.75) is 64.8 Å². The number of hydrogen-bond donors (Lipinski definition) is 3. The highest BCUT2D eigenvalue weighted by molar-refractivity contribution is 5.85. The van der Waals surface area contributed by atoms with Crippen LogP contribution in [0.25, 0.3) is 11.6 Å². The molecule has 4 fully saturated rings. The summed E-state index contributed by atoms with van der Waals surface area (Å²) in [6, 6.07) is 6.99. The first-order chi connectivity index (χ1) is 19.9. The van der Waals surface area contributed by atoms with Crippen LogP contribution in [0.4, 0.5) is 0 Å². The second-order valence-electron chi connectivity index (χ2n) is 12.7. The highest BCUT2D eigenvalue weighted by Gasteiger charge is 2.57. The van der Waals surface area contributed by atoms with Crippen molar-refractivity contribution in [2.75, 3.05) is 20.3 Å². The average Bonchev–Trinajstić information content (AvgIpc) is 3.35. The molecule has 228 valence electrons. The Balaban J connectivity index is 1.61. The lowest BCUT2D eigenvalue weighted by Gasteiger charge is -2.62. The zero-order valence-electron chi connectivity index (χ0n) is 25.8. The van der Waals surface area contributed by atoms with Crippen molar-refractivity contribution >= 4 is 17.6 Å². The molecule has 0 aromatic heterocycles. The molecule has 5 rings (SSSR count). The van der Waals surface area contributed by atoms with Gasteiger partial charge in [0.15, 0.2) is 0 Å². The molecule has 0 unspecified atom stereocenters. The van der Waals surface area contributed by atoms with Gasteiger partial charge in [-0.25, -0.2) is 0 Å². The number of allylic oxidation sites excluding steroid dienone is 1. The van der Waals surface area contributed by atoms with Crippen molar-refractivity contribution < 1.29 is 24.6 Å². The molecule has 1 saturated heterocycles. The number of hydroxylamine groups is 2. The van der Waals surface area contributed by atoms with Crippen LogP contribution in [0.3, 0.4) is 0 Å². The molecule has 42 heavy (non-hydrogen) atoms. The fourth-order valence-electron chi connectivity index (χ4n) is 7.58. The molecule has 0 spiro atoms. The SMILES string of the molecule is C=C/C(CN1O[C@@H](CO)[C@H]([C@H](C)O)[C@H]1C(=O)N[C@H]1C[C@H]2C[C@@H]([C@@H]1C)C2(C)C)=C(/OC)C(=C)C(=C)c1ccccc1C=C. The van der Waals surface area contributed by atoms with Crippen LogP contribution < -0.4 is 5.32 Å². The number of rotatable bonds is 12. The lowest BCUT2D eigenvalue weighted by Crippen LogP contribution is -2.62. The predicted molar refractivity (Wildman–Crippen MR) is 168 cm³/mol. The summed E-state index contributed by atoms with van der Waals surface area (Å²) in [6.45, 7) is 24.8. The number of aliphatic hydroxyl groups excluding tert-OH is 2. The number of benzene rings is 1. The van der Waals surface area contributed by atoms with Gasteiger partial charge in [0.1, 0.15) is 17.9 Å². The maximum atomic E-state index is 14.0. The van der Waals surface area contributed by atoms with Gasteiger partial charge < -0.3 is 20.3 Å². The third-order valence-electron chi connectivity index (χ3n) is 10.3. The monoisotopic (exact) mass is 576 g/mol. The van der Waals surface area contributed by atoms with Crippen molar-refractivity contribution in [3.63, 3.8) is 0 Å². The van der Waals surface area contributed by atoms with E-state index in [2.05, 4.69) is 52.4 Å². The lowest BCUT2D eigenvalue weighted by molar-refractivity contribution is -0.173. The van der Waals surface area contributed by atoms with E-state index >= 15 is 0 Å². The highest BCUT2D eigenvalue weighted by atomic mass is 16.7. The van der Waals surface area contributed by atoms with Gasteiger partial charge in [0, 0.05) is 23.1 Å². The predicted octanol–water partition coefficient (Wildman–Crippen LogP) is 5.15. The standard InChI is InChI=1S/C35H48N2O5/c1-10-24-14-12-13-15-27(24)20(3)21(4)33(41-9)25(11-2)18-37-32(31(23(6)39)30(19-38)42-37)34(40)36-29-17-26-16-28(22(29)5)35(26,7)8/h10-15,22-23,26,28-32,38-39H,1-4,16-19H2,5-9H3,(H,36,40)/b33-25-/t22-,23-,26+,28-,29-,30-,31-,32-/m0/s1. The second kappa shape index (κ2) is 12.7. The topological polar surface area (TPSA) is 91.3 Å². The summed E-state index contributed by atoms with van der Waals surface area (Å²) in [6.07, 6.45) is 3.93. The van der Waals surface area contributed by atoms with Crippen molar-refractivity contribution in [1.29, 1.82) is 0 Å². The van der Waals surface area contributed by atoms with Crippen molar-refractivity contribution in [3.8, 4) is 0 Å². The summed E-state index contributed by atoms with van der Waals surface area (Å²) >= 11 is 0. The van der Waals surface area contributed by atoms with Gasteiger partial charge in [-0.3, -0.25) is 9.63 Å². The molecule has 3 aliphatic carbocycles. The Hall–Kier alpha value is -2.97. The number of ether oxygens (including phenoxy) is 1. The maximum absolute atomic E-state index is 14.0. The van der Waals surface area contributed by atoms with E-state index < -0.39 is 24.2 Å². The van der Waals surface area contributed by atoms with E-state index in [4.69, 9.17) is 9.57 Å². The first-order valence-electron chi connectivity index (χ1n) is 14.9. The number of carbonyl (C=O) groups is 1. The fraction of sp³-hybridized carbons (Fsp3) is 0.514. The van der Waals surface area contributed by atoms with Gasteiger partial charge in [-0.05, 0) is 59.6 Å². The Bertz CT molecular complexity index is 1260. The Morgan fingerprint density at radius 1 is 1.26 bits per heavy atom. The molecule has 8 atom stereocenters. The van der Waals surface area contributed by atoms with Crippen molar-refractivity contribution in [2.24, 2.45) is 29.1 Å². The molecular weight excluding hydrogens is 528 g/mol. The van der Waals surface area contributed by atoms with E-state index in [-0.39, 0.29) is 25.1 Å². The summed E-state index contributed by atoms with van der Waals surface area (Å²) in [5.74, 6) is 1.12. The van der Waals surface area contributed by atoms with Crippen LogP contribution in [0.5, 0.6) is 0 Å². The normalized spacial score (nSPS) is 31.3. The third kappa shape index (κ3) is 5.68. The molecule has 7 heteroatoms. The third-order valence-corrected chi connectivity index (χ3v) is 10.3. The molecule has 1 aliphatic heterocycles. The van der Waals surface area contributed by atoms with Crippen LogP contribution >= 0.6 is 0 Å². The highest BCUT2D eigenvalue weighted by Crippen LogP contribution is 2.61. The summed E-state index contributed by atoms with van der Waals surface area (Å²) in [5, 5.41) is 25.8. The Morgan fingerprint density at radius 2 is 1.95 bits per heavy atom. The number of nitrogens with one attached hydrogen (secondary N) is 1. The number of amides is 1. The smallest absolute Gasteiger partial charge is 0.240 e. The van der Waals surface area contributed by atoms with E-state index in [1.807, 2.05) is 24.3 Å². The Morgan fingerprint density at radius 3 is 2.50 bits per heavy atom. The number of methoxy groups -OCH3 is 1. The van der Waals surface area contributed by atoms with Crippen LogP contribution in [-0.4, -0.2) is 65.7 Å². The van der Waals surface area contributed by atoms with E-state index in [1.165, 1.54) is 6.42 Å². The van der Waals surface area contributed by atoms with Crippen LogP contribution in [0, 0.1) is 29.1 Å². The molecule has 3 saturated carbocycles. The molecule has 1 heterocycles. The number of carbonyl (C=O) groups excluding carboxylic acids is 1. The largest absolute Gasteiger partial charge is 0.496 e. The van der Waals surface area contributed by atoms with Gasteiger partial charge >= 0.3 is 0 Å². The van der Waals surface area contributed by atoms with Crippen molar-refractivity contribution in [3.05, 3.63) is 84.7 Å². The van der Waals surface area contributed by atoms with Crippen LogP contribution in [0.2, 0.25) is 0 Å². The first-order valence-corrected chi connectivity index (χ1v) is 14.9. The van der Waals surface area contributed by atoms with Gasteiger partial charge in [-0.15, -0.1) is 0 Å². The minimum atomic E-state index is -0.887. The number of hydrogen-bond acceptors (Lipinski definition) is 6. The van der Waals surface area contributed by atoms with Gasteiger partial charge in [0.2, 0.25) is 5.91 Å². The van der Waals surface area contributed by atoms with Crippen LogP contribution in [0.1, 0.15) is 51.7 Å². The van der Waals surface area contributed by atoms with E-state index in [9.17, 15) is 15.0 Å². The summed E-state index contributed by atoms with van der Waals surface area (Å²) in [7, 11) is 1.55. The van der Waals surface area contributed by atoms with E-state index in [1.54, 1.807) is 31.2 Å². The van der Waals surface area contributed by atoms with Crippen LogP contribution in [0.15, 0.2) is 73.6 Å². The number of aliphatic hydroxyl groups is 2. The molecule has 4 aliphatic rings. The fourth-order valence-corrected chi connectivity index (χ4v) is 7.58. The minimum Gasteiger partial charge on any atom is -0.496 e. The lowest BCUT2D eigenvalue weighted by atomic mass is 9.45. The zero-order chi connectivity index (χ0) is 30.9. The summed E-state index contributed by atoms with van der Waals surface area (Å²) in [4.78, 5) is 20.1. The summed E-state index contributed by atoms with van der Waals surface area (Å²) in [5.41, 5.74) is 3.96. The van der Waals surface area contributed by atoms with Gasteiger partial charge in [-0.1, -0.05) is 83.5 Å². The molecule has 2 bridgehead atoms. The second-order valence-corrected chi connectivity index (χ2v) is 12.7. The quantitative estimate of drug-likeness (QED) is 0.236. The minimum absolute atomic E-state index is 0.0518. The Kier molecular flexibility index (Phi) is 9.68. The van der Waals surface area contributed by atoms with Crippen LogP contribution in [-0.2, 0) is 14.4 Å². The molecule has 1 amide bonds. The molecule has 0 radical (unpaired) electrons.